The van der Waals surface area contributed by atoms with Crippen LogP contribution in [-0.4, -0.2) is 23.9 Å². The van der Waals surface area contributed by atoms with Gasteiger partial charge in [0.1, 0.15) is 5.82 Å². The van der Waals surface area contributed by atoms with Crippen LogP contribution >= 0.6 is 0 Å². The number of benzene rings is 2. The van der Waals surface area contributed by atoms with Crippen LogP contribution in [0.5, 0.6) is 0 Å². The summed E-state index contributed by atoms with van der Waals surface area (Å²) in [4.78, 5) is 4.46. The van der Waals surface area contributed by atoms with Crippen molar-refractivity contribution in [1.82, 2.24) is 8.96 Å². The van der Waals surface area contributed by atoms with Gasteiger partial charge in [-0.1, -0.05) is 24.3 Å². The van der Waals surface area contributed by atoms with E-state index in [0.717, 1.165) is 3.97 Å². The Hall–Kier alpha value is -3.07. The smallest absolute Gasteiger partial charge is 0.268 e. The van der Waals surface area contributed by atoms with E-state index in [1.807, 2.05) is 0 Å². The van der Waals surface area contributed by atoms with Gasteiger partial charge in [-0.25, -0.2) is 16.8 Å². The zero-order valence-corrected chi connectivity index (χ0v) is 16.2. The zero-order chi connectivity index (χ0) is 20.6. The SMILES string of the molecule is NCC(N)c1ccc(-c2cn(S(=O)(=O)c3ccccc3)c3cc(F)ccc23)cn1. The minimum absolute atomic E-state index is 0.120. The van der Waals surface area contributed by atoms with Crippen molar-refractivity contribution in [2.75, 3.05) is 6.54 Å². The zero-order valence-electron chi connectivity index (χ0n) is 15.4. The van der Waals surface area contributed by atoms with Crippen LogP contribution in [-0.2, 0) is 10.0 Å². The van der Waals surface area contributed by atoms with E-state index in [-0.39, 0.29) is 23.0 Å². The molecule has 1 atom stereocenters. The van der Waals surface area contributed by atoms with Crippen molar-refractivity contribution in [3.8, 4) is 11.1 Å². The van der Waals surface area contributed by atoms with Crippen LogP contribution in [0.3, 0.4) is 0 Å². The number of halogens is 1. The first-order chi connectivity index (χ1) is 13.9. The van der Waals surface area contributed by atoms with E-state index in [4.69, 9.17) is 11.5 Å². The molecular weight excluding hydrogens is 391 g/mol. The molecule has 0 bridgehead atoms. The highest BCUT2D eigenvalue weighted by Crippen LogP contribution is 2.33. The molecule has 148 valence electrons. The monoisotopic (exact) mass is 410 g/mol. The summed E-state index contributed by atoms with van der Waals surface area (Å²) in [5, 5.41) is 0.601. The third kappa shape index (κ3) is 3.42. The van der Waals surface area contributed by atoms with Crippen LogP contribution in [0.1, 0.15) is 11.7 Å². The highest BCUT2D eigenvalue weighted by atomic mass is 32.2. The predicted octanol–water partition coefficient (Wildman–Crippen LogP) is 3.04. The largest absolute Gasteiger partial charge is 0.329 e. The molecule has 0 saturated carbocycles. The molecular formula is C21H19FN4O2S. The summed E-state index contributed by atoms with van der Waals surface area (Å²) in [7, 11) is -3.90. The average molecular weight is 410 g/mol. The fourth-order valence-electron chi connectivity index (χ4n) is 3.21. The molecule has 1 unspecified atom stereocenters. The lowest BCUT2D eigenvalue weighted by molar-refractivity contribution is 0.589. The molecule has 0 spiro atoms. The van der Waals surface area contributed by atoms with Gasteiger partial charge in [-0.3, -0.25) is 4.98 Å². The molecule has 2 heterocycles. The third-order valence-corrected chi connectivity index (χ3v) is 6.45. The molecule has 4 rings (SSSR count). The Bertz CT molecular complexity index is 1270. The maximum Gasteiger partial charge on any atom is 0.268 e. The lowest BCUT2D eigenvalue weighted by atomic mass is 10.1. The molecule has 0 aliphatic rings. The van der Waals surface area contributed by atoms with Gasteiger partial charge in [-0.15, -0.1) is 0 Å². The number of nitrogens with two attached hydrogens (primary N) is 2. The Morgan fingerprint density at radius 2 is 1.83 bits per heavy atom. The number of rotatable bonds is 5. The Balaban J connectivity index is 1.91. The first-order valence-electron chi connectivity index (χ1n) is 8.95. The van der Waals surface area contributed by atoms with E-state index in [0.29, 0.717) is 22.2 Å². The van der Waals surface area contributed by atoms with Gasteiger partial charge in [-0.05, 0) is 36.4 Å². The second kappa shape index (κ2) is 7.40. The van der Waals surface area contributed by atoms with Crippen molar-refractivity contribution in [2.45, 2.75) is 10.9 Å². The van der Waals surface area contributed by atoms with E-state index in [1.165, 1.54) is 30.5 Å². The summed E-state index contributed by atoms with van der Waals surface area (Å²) >= 11 is 0. The molecule has 0 aliphatic heterocycles. The number of fused-ring (bicyclic) bond motifs is 1. The maximum absolute atomic E-state index is 14.0. The minimum Gasteiger partial charge on any atom is -0.329 e. The fraction of sp³-hybridized carbons (Fsp3) is 0.0952. The standard InChI is InChI=1S/C21H19FN4O2S/c22-15-7-8-17-18(14-6-9-20(25-12-14)19(24)11-23)13-26(21(17)10-15)29(27,28)16-4-2-1-3-5-16/h1-10,12-13,19H,11,23-24H2. The number of hydrogen-bond acceptors (Lipinski definition) is 5. The Morgan fingerprint density at radius 1 is 1.07 bits per heavy atom. The van der Waals surface area contributed by atoms with E-state index >= 15 is 0 Å². The van der Waals surface area contributed by atoms with Crippen molar-refractivity contribution in [3.05, 3.63) is 84.6 Å². The Morgan fingerprint density at radius 3 is 2.48 bits per heavy atom. The van der Waals surface area contributed by atoms with Crippen LogP contribution < -0.4 is 11.5 Å². The van der Waals surface area contributed by atoms with Crippen LogP contribution in [0.4, 0.5) is 4.39 Å². The second-order valence-electron chi connectivity index (χ2n) is 6.63. The van der Waals surface area contributed by atoms with Crippen molar-refractivity contribution < 1.29 is 12.8 Å². The number of pyridine rings is 1. The summed E-state index contributed by atoms with van der Waals surface area (Å²) in [6, 6.07) is 15.3. The molecule has 0 fully saturated rings. The molecule has 2 aromatic carbocycles. The summed E-state index contributed by atoms with van der Waals surface area (Å²) < 4.78 is 41.4. The number of nitrogens with zero attached hydrogens (tertiary/aromatic N) is 2. The highest BCUT2D eigenvalue weighted by Gasteiger charge is 2.22. The van der Waals surface area contributed by atoms with E-state index in [2.05, 4.69) is 4.98 Å². The predicted molar refractivity (Wildman–Crippen MR) is 110 cm³/mol. The molecule has 8 heteroatoms. The first kappa shape index (κ1) is 19.3. The topological polar surface area (TPSA) is 104 Å². The van der Waals surface area contributed by atoms with E-state index < -0.39 is 15.8 Å². The van der Waals surface area contributed by atoms with Gasteiger partial charge in [0, 0.05) is 35.5 Å². The van der Waals surface area contributed by atoms with Crippen molar-refractivity contribution >= 4 is 20.9 Å². The van der Waals surface area contributed by atoms with Gasteiger partial charge in [-0.2, -0.15) is 0 Å². The van der Waals surface area contributed by atoms with Gasteiger partial charge < -0.3 is 11.5 Å². The van der Waals surface area contributed by atoms with E-state index in [9.17, 15) is 12.8 Å². The van der Waals surface area contributed by atoms with Gasteiger partial charge >= 0.3 is 0 Å². The molecule has 4 N–H and O–H groups in total. The lowest BCUT2D eigenvalue weighted by Gasteiger charge is -2.08. The van der Waals surface area contributed by atoms with Gasteiger partial charge in [0.2, 0.25) is 0 Å². The first-order valence-corrected chi connectivity index (χ1v) is 10.4. The Labute approximate surface area is 167 Å². The summed E-state index contributed by atoms with van der Waals surface area (Å²) in [5.74, 6) is -0.519. The quantitative estimate of drug-likeness (QED) is 0.526. The lowest BCUT2D eigenvalue weighted by Crippen LogP contribution is -2.21. The minimum atomic E-state index is -3.90. The Kier molecular flexibility index (Phi) is 4.91. The fourth-order valence-corrected chi connectivity index (χ4v) is 4.59. The molecule has 6 nitrogen and oxygen atoms in total. The molecule has 2 aromatic heterocycles. The summed E-state index contributed by atoms with van der Waals surface area (Å²) in [5.41, 5.74) is 13.7. The third-order valence-electron chi connectivity index (χ3n) is 4.76. The molecule has 29 heavy (non-hydrogen) atoms. The van der Waals surface area contributed by atoms with E-state index in [1.54, 1.807) is 42.6 Å². The van der Waals surface area contributed by atoms with Gasteiger partial charge in [0.05, 0.1) is 22.1 Å². The van der Waals surface area contributed by atoms with Crippen LogP contribution in [0.2, 0.25) is 0 Å². The number of aromatic nitrogens is 2. The average Bonchev–Trinajstić information content (AvgIpc) is 3.13. The van der Waals surface area contributed by atoms with Crippen molar-refractivity contribution in [2.24, 2.45) is 11.5 Å². The van der Waals surface area contributed by atoms with Crippen LogP contribution in [0.25, 0.3) is 22.0 Å². The van der Waals surface area contributed by atoms with Crippen LogP contribution in [0, 0.1) is 5.82 Å². The number of hydrogen-bond donors (Lipinski definition) is 2. The molecule has 0 saturated heterocycles. The highest BCUT2D eigenvalue weighted by molar-refractivity contribution is 7.90. The summed E-state index contributed by atoms with van der Waals surface area (Å²) in [6.07, 6.45) is 3.11. The molecule has 0 radical (unpaired) electrons. The van der Waals surface area contributed by atoms with Crippen LogP contribution in [0.15, 0.2) is 78.0 Å². The second-order valence-corrected chi connectivity index (χ2v) is 8.45. The van der Waals surface area contributed by atoms with Gasteiger partial charge in [0.25, 0.3) is 10.0 Å². The maximum atomic E-state index is 14.0. The van der Waals surface area contributed by atoms with Gasteiger partial charge in [0.15, 0.2) is 0 Å². The summed E-state index contributed by atoms with van der Waals surface area (Å²) in [6.45, 7) is 0.264. The molecule has 4 aromatic rings. The molecule has 0 amide bonds. The van der Waals surface area contributed by atoms with Crippen molar-refractivity contribution in [1.29, 1.82) is 0 Å². The normalized spacial score (nSPS) is 12.9. The molecule has 0 aliphatic carbocycles. The van der Waals surface area contributed by atoms with Crippen molar-refractivity contribution in [3.63, 3.8) is 0 Å².